The number of rotatable bonds is 2. The highest BCUT2D eigenvalue weighted by molar-refractivity contribution is 7.13. The second kappa shape index (κ2) is 3.70. The molecule has 1 aromatic heterocycles. The zero-order chi connectivity index (χ0) is 10.0. The molecule has 0 atom stereocenters. The Morgan fingerprint density at radius 1 is 1.54 bits per heavy atom. The van der Waals surface area contributed by atoms with E-state index in [9.17, 15) is 4.79 Å². The highest BCUT2D eigenvalue weighted by atomic mass is 32.1. The van der Waals surface area contributed by atoms with Crippen LogP contribution in [-0.4, -0.2) is 10.9 Å². The van der Waals surface area contributed by atoms with Crippen LogP contribution in [0.5, 0.6) is 0 Å². The average molecular weight is 196 g/mol. The standard InChI is InChI=1S/C9H12N2OS/c1-5(2)8(12)11-9-10-6(3)7(4)13-9/h5H,3-4H2,1-2H3,(H,10,11,12). The normalized spacial score (nSPS) is 10.4. The molecule has 0 bridgehead atoms. The van der Waals surface area contributed by atoms with Gasteiger partial charge in [-0.25, -0.2) is 4.98 Å². The van der Waals surface area contributed by atoms with Crippen molar-refractivity contribution in [3.63, 3.8) is 0 Å². The Kier molecular flexibility index (Phi) is 2.83. The van der Waals surface area contributed by atoms with Gasteiger partial charge < -0.3 is 5.32 Å². The lowest BCUT2D eigenvalue weighted by Gasteiger charge is -2.02. The number of thiazole rings is 1. The summed E-state index contributed by atoms with van der Waals surface area (Å²) in [5, 5.41) is 3.90. The lowest BCUT2D eigenvalue weighted by molar-refractivity contribution is -0.118. The van der Waals surface area contributed by atoms with E-state index >= 15 is 0 Å². The fourth-order valence-electron chi connectivity index (χ4n) is 0.687. The van der Waals surface area contributed by atoms with Crippen LogP contribution in [0.25, 0.3) is 13.2 Å². The van der Waals surface area contributed by atoms with Crippen LogP contribution >= 0.6 is 11.3 Å². The summed E-state index contributed by atoms with van der Waals surface area (Å²) in [6.45, 7) is 11.1. The summed E-state index contributed by atoms with van der Waals surface area (Å²) >= 11 is 1.34. The monoisotopic (exact) mass is 196 g/mol. The van der Waals surface area contributed by atoms with Crippen molar-refractivity contribution in [1.29, 1.82) is 0 Å². The predicted octanol–water partition coefficient (Wildman–Crippen LogP) is 0.558. The number of aromatic nitrogens is 1. The molecular weight excluding hydrogens is 184 g/mol. The van der Waals surface area contributed by atoms with Crippen molar-refractivity contribution in [2.75, 3.05) is 5.32 Å². The maximum atomic E-state index is 11.2. The van der Waals surface area contributed by atoms with Crippen LogP contribution in [0.15, 0.2) is 0 Å². The fraction of sp³-hybridized carbons (Fsp3) is 0.333. The fourth-order valence-corrected chi connectivity index (χ4v) is 1.39. The van der Waals surface area contributed by atoms with Crippen molar-refractivity contribution in [3.8, 4) is 0 Å². The van der Waals surface area contributed by atoms with Crippen LogP contribution in [0.2, 0.25) is 0 Å². The molecule has 1 N–H and O–H groups in total. The van der Waals surface area contributed by atoms with E-state index in [0.717, 1.165) is 4.53 Å². The Morgan fingerprint density at radius 2 is 2.15 bits per heavy atom. The topological polar surface area (TPSA) is 42.0 Å². The summed E-state index contributed by atoms with van der Waals surface area (Å²) in [6.07, 6.45) is 0. The van der Waals surface area contributed by atoms with Gasteiger partial charge in [0.05, 0.1) is 5.35 Å². The van der Waals surface area contributed by atoms with Gasteiger partial charge in [-0.1, -0.05) is 38.3 Å². The van der Waals surface area contributed by atoms with E-state index < -0.39 is 0 Å². The van der Waals surface area contributed by atoms with Gasteiger partial charge >= 0.3 is 0 Å². The largest absolute Gasteiger partial charge is 0.302 e. The Hall–Kier alpha value is -1.16. The molecule has 0 saturated carbocycles. The van der Waals surface area contributed by atoms with Gasteiger partial charge in [0.15, 0.2) is 5.13 Å². The van der Waals surface area contributed by atoms with Gasteiger partial charge in [0, 0.05) is 10.5 Å². The van der Waals surface area contributed by atoms with Crippen LogP contribution in [0.1, 0.15) is 13.8 Å². The van der Waals surface area contributed by atoms with Gasteiger partial charge in [-0.15, -0.1) is 0 Å². The minimum atomic E-state index is -0.0366. The molecule has 0 spiro atoms. The molecule has 1 rings (SSSR count). The van der Waals surface area contributed by atoms with E-state index in [1.807, 2.05) is 13.8 Å². The van der Waals surface area contributed by atoms with E-state index in [-0.39, 0.29) is 11.8 Å². The highest BCUT2D eigenvalue weighted by Gasteiger charge is 2.08. The molecule has 0 aliphatic rings. The summed E-state index contributed by atoms with van der Waals surface area (Å²) in [5.74, 6) is -0.0702. The maximum Gasteiger partial charge on any atom is 0.228 e. The number of hydrogen-bond donors (Lipinski definition) is 1. The van der Waals surface area contributed by atoms with Crippen LogP contribution in [-0.2, 0) is 4.79 Å². The zero-order valence-electron chi connectivity index (χ0n) is 7.76. The average Bonchev–Trinajstić information content (AvgIpc) is 2.31. The van der Waals surface area contributed by atoms with Crippen LogP contribution in [0, 0.1) is 5.92 Å². The van der Waals surface area contributed by atoms with Crippen LogP contribution in [0.3, 0.4) is 0 Å². The summed E-state index contributed by atoms with van der Waals surface area (Å²) in [5.41, 5.74) is 0. The molecule has 3 nitrogen and oxygen atoms in total. The van der Waals surface area contributed by atoms with E-state index in [2.05, 4.69) is 23.5 Å². The van der Waals surface area contributed by atoms with Crippen molar-refractivity contribution in [2.24, 2.45) is 5.92 Å². The number of amides is 1. The SMILES string of the molecule is C=c1nc(NC(=O)C(C)C)sc1=C. The lowest BCUT2D eigenvalue weighted by atomic mass is 10.2. The highest BCUT2D eigenvalue weighted by Crippen LogP contribution is 2.05. The van der Waals surface area contributed by atoms with Crippen LogP contribution in [0.4, 0.5) is 5.13 Å². The molecule has 70 valence electrons. The minimum absolute atomic E-state index is 0.0336. The minimum Gasteiger partial charge on any atom is -0.302 e. The molecule has 1 aromatic rings. The second-order valence-electron chi connectivity index (χ2n) is 3.03. The third-order valence-corrected chi connectivity index (χ3v) is 2.40. The number of carbonyl (C=O) groups is 1. The summed E-state index contributed by atoms with van der Waals surface area (Å²) in [6, 6.07) is 0. The Labute approximate surface area is 80.8 Å². The molecule has 4 heteroatoms. The Morgan fingerprint density at radius 3 is 2.54 bits per heavy atom. The van der Waals surface area contributed by atoms with Gasteiger partial charge in [0.1, 0.15) is 0 Å². The number of anilines is 1. The van der Waals surface area contributed by atoms with Crippen LogP contribution < -0.4 is 15.2 Å². The third kappa shape index (κ3) is 2.39. The summed E-state index contributed by atoms with van der Waals surface area (Å²) in [7, 11) is 0. The third-order valence-electron chi connectivity index (χ3n) is 1.53. The molecular formula is C9H12N2OS. The number of nitrogens with one attached hydrogen (secondary N) is 1. The lowest BCUT2D eigenvalue weighted by Crippen LogP contribution is -2.19. The molecule has 0 saturated heterocycles. The molecule has 0 aromatic carbocycles. The van der Waals surface area contributed by atoms with Gasteiger partial charge in [0.2, 0.25) is 5.91 Å². The molecule has 0 aliphatic carbocycles. The molecule has 0 unspecified atom stereocenters. The molecule has 1 amide bonds. The predicted molar refractivity (Wildman–Crippen MR) is 55.9 cm³/mol. The molecule has 0 aliphatic heterocycles. The van der Waals surface area contributed by atoms with Gasteiger partial charge in [-0.2, -0.15) is 0 Å². The first-order valence-corrected chi connectivity index (χ1v) is 4.78. The van der Waals surface area contributed by atoms with E-state index in [1.165, 1.54) is 11.3 Å². The molecule has 13 heavy (non-hydrogen) atoms. The first-order valence-electron chi connectivity index (χ1n) is 3.96. The Bertz CT molecular complexity index is 380. The van der Waals surface area contributed by atoms with Gasteiger partial charge in [-0.05, 0) is 0 Å². The second-order valence-corrected chi connectivity index (χ2v) is 4.12. The zero-order valence-corrected chi connectivity index (χ0v) is 8.57. The van der Waals surface area contributed by atoms with E-state index in [0.29, 0.717) is 10.5 Å². The molecule has 0 fully saturated rings. The maximum absolute atomic E-state index is 11.2. The van der Waals surface area contributed by atoms with Crippen molar-refractivity contribution >= 4 is 35.5 Å². The van der Waals surface area contributed by atoms with Gasteiger partial charge in [-0.3, -0.25) is 4.79 Å². The van der Waals surface area contributed by atoms with E-state index in [4.69, 9.17) is 0 Å². The van der Waals surface area contributed by atoms with Crippen molar-refractivity contribution in [2.45, 2.75) is 13.8 Å². The van der Waals surface area contributed by atoms with Crippen molar-refractivity contribution in [1.82, 2.24) is 4.98 Å². The Balaban J connectivity index is 2.82. The number of nitrogens with zero attached hydrogens (tertiary/aromatic N) is 1. The quantitative estimate of drug-likeness (QED) is 0.751. The molecule has 1 heterocycles. The van der Waals surface area contributed by atoms with Crippen molar-refractivity contribution in [3.05, 3.63) is 9.88 Å². The van der Waals surface area contributed by atoms with E-state index in [1.54, 1.807) is 0 Å². The first kappa shape index (κ1) is 9.92. The summed E-state index contributed by atoms with van der Waals surface area (Å²) in [4.78, 5) is 15.3. The summed E-state index contributed by atoms with van der Waals surface area (Å²) < 4.78 is 0.791. The van der Waals surface area contributed by atoms with Gasteiger partial charge in [0.25, 0.3) is 0 Å². The molecule has 0 radical (unpaired) electrons. The first-order chi connectivity index (χ1) is 6.00. The number of carbonyl (C=O) groups excluding carboxylic acids is 1. The van der Waals surface area contributed by atoms with Crippen molar-refractivity contribution < 1.29 is 4.79 Å². The smallest absolute Gasteiger partial charge is 0.228 e. The number of hydrogen-bond acceptors (Lipinski definition) is 3.